The third kappa shape index (κ3) is 3.03. The molecule has 82 valence electrons. The van der Waals surface area contributed by atoms with Crippen molar-refractivity contribution in [3.05, 3.63) is 18.2 Å². The summed E-state index contributed by atoms with van der Waals surface area (Å²) >= 11 is 0. The van der Waals surface area contributed by atoms with E-state index in [4.69, 9.17) is 15.2 Å². The minimum Gasteiger partial charge on any atom is -0.462 e. The highest BCUT2D eigenvalue weighted by Gasteiger charge is 2.25. The van der Waals surface area contributed by atoms with Gasteiger partial charge >= 0.3 is 5.97 Å². The summed E-state index contributed by atoms with van der Waals surface area (Å²) in [6.45, 7) is 0.971. The van der Waals surface area contributed by atoms with E-state index in [-0.39, 0.29) is 6.10 Å². The first-order chi connectivity index (χ1) is 7.25. The van der Waals surface area contributed by atoms with Crippen LogP contribution in [0.25, 0.3) is 0 Å². The van der Waals surface area contributed by atoms with Crippen LogP contribution in [0.1, 0.15) is 5.69 Å². The number of carbonyl (C=O) groups excluding carboxylic acids is 1. The fraction of sp³-hybridized carbons (Fsp3) is 0.556. The van der Waals surface area contributed by atoms with E-state index in [9.17, 15) is 4.79 Å². The van der Waals surface area contributed by atoms with Gasteiger partial charge in [-0.05, 0) is 0 Å². The fourth-order valence-corrected chi connectivity index (χ4v) is 1.16. The molecule has 1 aliphatic rings. The third-order valence-electron chi connectivity index (χ3n) is 2.11. The molecule has 1 aliphatic heterocycles. The van der Waals surface area contributed by atoms with E-state index < -0.39 is 12.0 Å². The summed E-state index contributed by atoms with van der Waals surface area (Å²) in [6.07, 6.45) is 3.67. The molecule has 2 atom stereocenters. The van der Waals surface area contributed by atoms with Crippen LogP contribution in [0.5, 0.6) is 0 Å². The highest BCUT2D eigenvalue weighted by Crippen LogP contribution is 2.09. The molecule has 1 fully saturated rings. The minimum absolute atomic E-state index is 0.0771. The Morgan fingerprint density at radius 1 is 1.87 bits per heavy atom. The number of aromatic nitrogens is 2. The number of esters is 1. The van der Waals surface area contributed by atoms with Gasteiger partial charge in [0.2, 0.25) is 0 Å². The molecule has 6 heteroatoms. The molecule has 15 heavy (non-hydrogen) atoms. The van der Waals surface area contributed by atoms with Crippen molar-refractivity contribution < 1.29 is 14.3 Å². The quantitative estimate of drug-likeness (QED) is 0.492. The first-order valence-electron chi connectivity index (χ1n) is 4.77. The molecule has 0 bridgehead atoms. The average Bonchev–Trinajstić information content (AvgIpc) is 2.92. The normalized spacial score (nSPS) is 21.0. The first-order valence-corrected chi connectivity index (χ1v) is 4.77. The Morgan fingerprint density at radius 2 is 2.67 bits per heavy atom. The topological polar surface area (TPSA) is 93.5 Å². The van der Waals surface area contributed by atoms with E-state index in [1.54, 1.807) is 12.5 Å². The van der Waals surface area contributed by atoms with Crippen LogP contribution in [-0.4, -0.2) is 41.3 Å². The monoisotopic (exact) mass is 211 g/mol. The summed E-state index contributed by atoms with van der Waals surface area (Å²) in [6, 6.07) is -0.649. The predicted octanol–water partition coefficient (Wildman–Crippen LogP) is -0.779. The Morgan fingerprint density at radius 3 is 3.27 bits per heavy atom. The number of rotatable bonds is 5. The second-order valence-electron chi connectivity index (χ2n) is 3.47. The smallest absolute Gasteiger partial charge is 0.323 e. The van der Waals surface area contributed by atoms with Gasteiger partial charge in [0.1, 0.15) is 18.8 Å². The number of nitrogens with two attached hydrogens (primary N) is 1. The fourth-order valence-electron chi connectivity index (χ4n) is 1.16. The van der Waals surface area contributed by atoms with Gasteiger partial charge in [0, 0.05) is 18.3 Å². The molecule has 0 amide bonds. The minimum atomic E-state index is -0.649. The predicted molar refractivity (Wildman–Crippen MR) is 51.0 cm³/mol. The summed E-state index contributed by atoms with van der Waals surface area (Å²) in [5, 5.41) is 0. The van der Waals surface area contributed by atoms with Crippen LogP contribution in [0.4, 0.5) is 0 Å². The molecule has 0 saturated carbocycles. The maximum absolute atomic E-state index is 11.4. The van der Waals surface area contributed by atoms with E-state index in [1.807, 2.05) is 0 Å². The van der Waals surface area contributed by atoms with Gasteiger partial charge in [-0.3, -0.25) is 4.79 Å². The molecule has 0 aliphatic carbocycles. The molecule has 3 N–H and O–H groups in total. The third-order valence-corrected chi connectivity index (χ3v) is 2.11. The molecule has 1 aromatic rings. The first kappa shape index (κ1) is 10.1. The molecule has 0 aromatic carbocycles. The number of carbonyl (C=O) groups is 1. The Kier molecular flexibility index (Phi) is 2.98. The van der Waals surface area contributed by atoms with Gasteiger partial charge in [0.15, 0.2) is 0 Å². The summed E-state index contributed by atoms with van der Waals surface area (Å²) in [7, 11) is 0. The lowest BCUT2D eigenvalue weighted by molar-refractivity contribution is -0.145. The number of ether oxygens (including phenoxy) is 2. The zero-order valence-electron chi connectivity index (χ0n) is 8.18. The van der Waals surface area contributed by atoms with E-state index in [0.717, 1.165) is 5.69 Å². The van der Waals surface area contributed by atoms with Crippen LogP contribution in [0.2, 0.25) is 0 Å². The summed E-state index contributed by atoms with van der Waals surface area (Å²) in [4.78, 5) is 18.1. The van der Waals surface area contributed by atoms with E-state index >= 15 is 0 Å². The molecule has 6 nitrogen and oxygen atoms in total. The zero-order chi connectivity index (χ0) is 10.7. The highest BCUT2D eigenvalue weighted by atomic mass is 16.6. The number of epoxide rings is 1. The molecular weight excluding hydrogens is 198 g/mol. The molecule has 2 heterocycles. The molecule has 0 spiro atoms. The highest BCUT2D eigenvalue weighted by molar-refractivity contribution is 5.75. The Labute approximate surface area is 86.8 Å². The van der Waals surface area contributed by atoms with Crippen LogP contribution in [0.15, 0.2) is 12.5 Å². The van der Waals surface area contributed by atoms with Gasteiger partial charge in [0.25, 0.3) is 0 Å². The standard InChI is InChI=1S/C9H13N3O3/c10-8(1-6-2-11-5-12-6)9(13)15-4-7-3-14-7/h2,5,7-8H,1,3-4,10H2,(H,11,12)/t7?,8-/m0/s1. The zero-order valence-corrected chi connectivity index (χ0v) is 8.18. The van der Waals surface area contributed by atoms with Gasteiger partial charge < -0.3 is 20.2 Å². The van der Waals surface area contributed by atoms with Crippen molar-refractivity contribution in [2.24, 2.45) is 5.73 Å². The van der Waals surface area contributed by atoms with Crippen LogP contribution < -0.4 is 5.73 Å². The number of hydrogen-bond acceptors (Lipinski definition) is 5. The van der Waals surface area contributed by atoms with Crippen molar-refractivity contribution >= 4 is 5.97 Å². The van der Waals surface area contributed by atoms with Crippen molar-refractivity contribution in [1.29, 1.82) is 0 Å². The second kappa shape index (κ2) is 4.41. The lowest BCUT2D eigenvalue weighted by Crippen LogP contribution is -2.35. The van der Waals surface area contributed by atoms with Crippen molar-refractivity contribution in [1.82, 2.24) is 9.97 Å². The Balaban J connectivity index is 1.73. The summed E-state index contributed by atoms with van der Waals surface area (Å²) in [5.41, 5.74) is 6.47. The van der Waals surface area contributed by atoms with Gasteiger partial charge in [-0.25, -0.2) is 4.98 Å². The maximum Gasteiger partial charge on any atom is 0.323 e. The molecule has 0 radical (unpaired) electrons. The molecule has 1 aromatic heterocycles. The Bertz CT molecular complexity index is 321. The number of nitrogens with one attached hydrogen (secondary N) is 1. The van der Waals surface area contributed by atoms with Gasteiger partial charge in [-0.1, -0.05) is 0 Å². The molecular formula is C9H13N3O3. The lowest BCUT2D eigenvalue weighted by Gasteiger charge is -2.09. The SMILES string of the molecule is N[C@@H](Cc1cnc[nH]1)C(=O)OCC1CO1. The van der Waals surface area contributed by atoms with Crippen molar-refractivity contribution in [3.8, 4) is 0 Å². The molecule has 2 rings (SSSR count). The van der Waals surface area contributed by atoms with Crippen LogP contribution in [-0.2, 0) is 20.7 Å². The number of aromatic amines is 1. The van der Waals surface area contributed by atoms with Gasteiger partial charge in [0.05, 0.1) is 12.9 Å². The Hall–Kier alpha value is -1.40. The number of imidazole rings is 1. The second-order valence-corrected chi connectivity index (χ2v) is 3.47. The number of hydrogen-bond donors (Lipinski definition) is 2. The molecule has 1 unspecified atom stereocenters. The number of nitrogens with zero attached hydrogens (tertiary/aromatic N) is 1. The van der Waals surface area contributed by atoms with E-state index in [2.05, 4.69) is 9.97 Å². The number of H-pyrrole nitrogens is 1. The molecule has 1 saturated heterocycles. The largest absolute Gasteiger partial charge is 0.462 e. The van der Waals surface area contributed by atoms with Crippen LogP contribution in [0.3, 0.4) is 0 Å². The van der Waals surface area contributed by atoms with Crippen LogP contribution in [0, 0.1) is 0 Å². The van der Waals surface area contributed by atoms with E-state index in [0.29, 0.717) is 19.6 Å². The van der Waals surface area contributed by atoms with Crippen molar-refractivity contribution in [2.45, 2.75) is 18.6 Å². The summed E-state index contributed by atoms with van der Waals surface area (Å²) in [5.74, 6) is -0.403. The summed E-state index contributed by atoms with van der Waals surface area (Å²) < 4.78 is 9.86. The lowest BCUT2D eigenvalue weighted by atomic mass is 10.2. The van der Waals surface area contributed by atoms with Crippen molar-refractivity contribution in [2.75, 3.05) is 13.2 Å². The van der Waals surface area contributed by atoms with Crippen LogP contribution >= 0.6 is 0 Å². The van der Waals surface area contributed by atoms with Crippen molar-refractivity contribution in [3.63, 3.8) is 0 Å². The van der Waals surface area contributed by atoms with E-state index in [1.165, 1.54) is 0 Å². The maximum atomic E-state index is 11.4. The van der Waals surface area contributed by atoms with Gasteiger partial charge in [-0.15, -0.1) is 0 Å². The van der Waals surface area contributed by atoms with Gasteiger partial charge in [-0.2, -0.15) is 0 Å². The average molecular weight is 211 g/mol.